The number of carbonyl (C=O) groups excluding carboxylic acids is 1. The van der Waals surface area contributed by atoms with Gasteiger partial charge in [0.15, 0.2) is 5.78 Å². The van der Waals surface area contributed by atoms with Gasteiger partial charge in [0.2, 0.25) is 0 Å². The average molecular weight is 271 g/mol. The number of ketones is 1. The van der Waals surface area contributed by atoms with E-state index in [2.05, 4.69) is 0 Å². The molecular formula is C13H6ClF3O. The summed E-state index contributed by atoms with van der Waals surface area (Å²) in [7, 11) is 0. The molecule has 18 heavy (non-hydrogen) atoms. The Morgan fingerprint density at radius 3 is 2.11 bits per heavy atom. The number of halogens is 4. The maximum Gasteiger partial charge on any atom is 0.197 e. The molecular weight excluding hydrogens is 265 g/mol. The van der Waals surface area contributed by atoms with Crippen LogP contribution in [0.5, 0.6) is 0 Å². The van der Waals surface area contributed by atoms with E-state index in [4.69, 9.17) is 11.6 Å². The van der Waals surface area contributed by atoms with E-state index in [9.17, 15) is 18.0 Å². The van der Waals surface area contributed by atoms with Crippen LogP contribution in [0.25, 0.3) is 0 Å². The number of rotatable bonds is 2. The molecule has 1 nitrogen and oxygen atoms in total. The maximum atomic E-state index is 13.4. The van der Waals surface area contributed by atoms with Crippen molar-refractivity contribution in [2.24, 2.45) is 0 Å². The Morgan fingerprint density at radius 2 is 1.44 bits per heavy atom. The highest BCUT2D eigenvalue weighted by atomic mass is 35.5. The van der Waals surface area contributed by atoms with Crippen molar-refractivity contribution in [1.82, 2.24) is 0 Å². The van der Waals surface area contributed by atoms with Gasteiger partial charge in [0, 0.05) is 5.56 Å². The van der Waals surface area contributed by atoms with Gasteiger partial charge in [0.25, 0.3) is 0 Å². The zero-order chi connectivity index (χ0) is 13.3. The summed E-state index contributed by atoms with van der Waals surface area (Å²) in [6, 6.07) is 5.60. The van der Waals surface area contributed by atoms with E-state index in [1.54, 1.807) is 0 Å². The Balaban J connectivity index is 2.54. The lowest BCUT2D eigenvalue weighted by Crippen LogP contribution is -2.06. The van der Waals surface area contributed by atoms with Crippen molar-refractivity contribution in [3.8, 4) is 0 Å². The number of carbonyl (C=O) groups is 1. The highest BCUT2D eigenvalue weighted by Gasteiger charge is 2.18. The molecule has 0 saturated carbocycles. The third-order valence-electron chi connectivity index (χ3n) is 2.35. The van der Waals surface area contributed by atoms with Gasteiger partial charge in [-0.25, -0.2) is 13.2 Å². The van der Waals surface area contributed by atoms with E-state index in [0.29, 0.717) is 0 Å². The van der Waals surface area contributed by atoms with E-state index in [-0.39, 0.29) is 10.6 Å². The summed E-state index contributed by atoms with van der Waals surface area (Å²) in [5, 5.41) is -0.0231. The molecule has 0 spiro atoms. The van der Waals surface area contributed by atoms with Crippen molar-refractivity contribution in [2.45, 2.75) is 0 Å². The smallest absolute Gasteiger partial charge is 0.197 e. The minimum Gasteiger partial charge on any atom is -0.288 e. The number of benzene rings is 2. The summed E-state index contributed by atoms with van der Waals surface area (Å²) < 4.78 is 39.4. The van der Waals surface area contributed by atoms with Crippen LogP contribution < -0.4 is 0 Å². The Hall–Kier alpha value is -1.81. The van der Waals surface area contributed by atoms with Gasteiger partial charge in [0.1, 0.15) is 17.5 Å². The van der Waals surface area contributed by atoms with Crippen LogP contribution in [0.4, 0.5) is 13.2 Å². The second-order valence-electron chi connectivity index (χ2n) is 3.58. The molecule has 2 aromatic carbocycles. The first-order chi connectivity index (χ1) is 8.49. The lowest BCUT2D eigenvalue weighted by molar-refractivity contribution is 0.103. The van der Waals surface area contributed by atoms with E-state index in [0.717, 1.165) is 30.3 Å². The van der Waals surface area contributed by atoms with Crippen molar-refractivity contribution in [2.75, 3.05) is 0 Å². The summed E-state index contributed by atoms with van der Waals surface area (Å²) in [5.74, 6) is -3.19. The number of hydrogen-bond acceptors (Lipinski definition) is 1. The first-order valence-electron chi connectivity index (χ1n) is 4.94. The molecule has 0 aromatic heterocycles. The summed E-state index contributed by atoms with van der Waals surface area (Å²) in [6.45, 7) is 0. The molecule has 0 radical (unpaired) electrons. The first-order valence-corrected chi connectivity index (χ1v) is 5.31. The zero-order valence-electron chi connectivity index (χ0n) is 8.88. The Morgan fingerprint density at radius 1 is 0.889 bits per heavy atom. The van der Waals surface area contributed by atoms with Gasteiger partial charge < -0.3 is 0 Å². The van der Waals surface area contributed by atoms with E-state index < -0.39 is 28.8 Å². The Bertz CT molecular complexity index is 572. The monoisotopic (exact) mass is 270 g/mol. The molecule has 0 heterocycles. The lowest BCUT2D eigenvalue weighted by Gasteiger charge is -2.05. The zero-order valence-corrected chi connectivity index (χ0v) is 9.64. The van der Waals surface area contributed by atoms with Crippen molar-refractivity contribution in [3.05, 3.63) is 70.0 Å². The molecule has 0 unspecified atom stereocenters. The largest absolute Gasteiger partial charge is 0.288 e. The van der Waals surface area contributed by atoms with Crippen LogP contribution in [-0.4, -0.2) is 5.78 Å². The highest BCUT2D eigenvalue weighted by Crippen LogP contribution is 2.22. The predicted molar refractivity (Wildman–Crippen MR) is 61.2 cm³/mol. The van der Waals surface area contributed by atoms with Gasteiger partial charge in [0.05, 0.1) is 10.6 Å². The van der Waals surface area contributed by atoms with Crippen LogP contribution >= 0.6 is 11.6 Å². The van der Waals surface area contributed by atoms with Crippen molar-refractivity contribution < 1.29 is 18.0 Å². The topological polar surface area (TPSA) is 17.1 Å². The summed E-state index contributed by atoms with van der Waals surface area (Å²) in [6.07, 6.45) is 0. The van der Waals surface area contributed by atoms with E-state index in [1.165, 1.54) is 6.07 Å². The van der Waals surface area contributed by atoms with Crippen molar-refractivity contribution in [3.63, 3.8) is 0 Å². The first kappa shape index (κ1) is 12.6. The molecule has 0 aliphatic carbocycles. The SMILES string of the molecule is O=C(c1cc(F)ccc1F)c1cc(F)ccc1Cl. The fraction of sp³-hybridized carbons (Fsp3) is 0. The summed E-state index contributed by atoms with van der Waals surface area (Å²) in [5.41, 5.74) is -0.691. The van der Waals surface area contributed by atoms with Gasteiger partial charge in [-0.15, -0.1) is 0 Å². The molecule has 0 amide bonds. The molecule has 0 saturated heterocycles. The predicted octanol–water partition coefficient (Wildman–Crippen LogP) is 3.99. The minimum absolute atomic E-state index is 0.0231. The van der Waals surface area contributed by atoms with Crippen LogP contribution in [0.2, 0.25) is 5.02 Å². The van der Waals surface area contributed by atoms with Crippen molar-refractivity contribution >= 4 is 17.4 Å². The highest BCUT2D eigenvalue weighted by molar-refractivity contribution is 6.35. The van der Waals surface area contributed by atoms with Crippen molar-refractivity contribution in [1.29, 1.82) is 0 Å². The molecule has 92 valence electrons. The van der Waals surface area contributed by atoms with E-state index >= 15 is 0 Å². The fourth-order valence-electron chi connectivity index (χ4n) is 1.49. The van der Waals surface area contributed by atoms with Crippen LogP contribution in [0, 0.1) is 17.5 Å². The normalized spacial score (nSPS) is 10.4. The van der Waals surface area contributed by atoms with Gasteiger partial charge in [-0.2, -0.15) is 0 Å². The third kappa shape index (κ3) is 2.38. The summed E-state index contributed by atoms with van der Waals surface area (Å²) >= 11 is 5.73. The molecule has 0 bridgehead atoms. The second kappa shape index (κ2) is 4.82. The van der Waals surface area contributed by atoms with Crippen LogP contribution in [0.3, 0.4) is 0 Å². The minimum atomic E-state index is -0.887. The van der Waals surface area contributed by atoms with Crippen LogP contribution in [0.15, 0.2) is 36.4 Å². The number of hydrogen-bond donors (Lipinski definition) is 0. The lowest BCUT2D eigenvalue weighted by atomic mass is 10.0. The summed E-state index contributed by atoms with van der Waals surface area (Å²) in [4.78, 5) is 11.9. The average Bonchev–Trinajstić information content (AvgIpc) is 2.34. The van der Waals surface area contributed by atoms with Gasteiger partial charge in [-0.1, -0.05) is 11.6 Å². The third-order valence-corrected chi connectivity index (χ3v) is 2.68. The molecule has 2 aromatic rings. The van der Waals surface area contributed by atoms with E-state index in [1.807, 2.05) is 0 Å². The van der Waals surface area contributed by atoms with Crippen LogP contribution in [0.1, 0.15) is 15.9 Å². The molecule has 0 fully saturated rings. The molecule has 0 aliphatic heterocycles. The Labute approximate surface area is 106 Å². The maximum absolute atomic E-state index is 13.4. The quantitative estimate of drug-likeness (QED) is 0.754. The van der Waals surface area contributed by atoms with Gasteiger partial charge in [-0.3, -0.25) is 4.79 Å². The molecule has 2 rings (SSSR count). The standard InChI is InChI=1S/C13H6ClF3O/c14-11-3-1-7(15)5-9(11)13(18)10-6-8(16)2-4-12(10)17/h1-6H. The molecule has 5 heteroatoms. The Kier molecular flexibility index (Phi) is 3.39. The van der Waals surface area contributed by atoms with Gasteiger partial charge >= 0.3 is 0 Å². The van der Waals surface area contributed by atoms with Gasteiger partial charge in [-0.05, 0) is 36.4 Å². The second-order valence-corrected chi connectivity index (χ2v) is 3.98. The molecule has 0 atom stereocenters. The molecule has 0 aliphatic rings. The molecule has 0 N–H and O–H groups in total. The fourth-order valence-corrected chi connectivity index (χ4v) is 1.69. The van der Waals surface area contributed by atoms with Crippen LogP contribution in [-0.2, 0) is 0 Å².